The van der Waals surface area contributed by atoms with Crippen LogP contribution in [0, 0.1) is 11.6 Å². The highest BCUT2D eigenvalue weighted by Gasteiger charge is 2.38. The number of likely N-dealkylation sites (tertiary alicyclic amines) is 1. The number of fused-ring (bicyclic) bond motifs is 1. The van der Waals surface area contributed by atoms with Crippen LogP contribution in [0.15, 0.2) is 36.5 Å². The van der Waals surface area contributed by atoms with Crippen molar-refractivity contribution in [3.05, 3.63) is 64.9 Å². The van der Waals surface area contributed by atoms with Gasteiger partial charge in [0.05, 0.1) is 23.1 Å². The molecule has 1 aromatic heterocycles. The highest BCUT2D eigenvalue weighted by Crippen LogP contribution is 2.38. The second-order valence-corrected chi connectivity index (χ2v) is 9.65. The van der Waals surface area contributed by atoms with Crippen LogP contribution in [-0.2, 0) is 22.6 Å². The van der Waals surface area contributed by atoms with Gasteiger partial charge in [0.15, 0.2) is 0 Å². The Hall–Kier alpha value is -3.88. The first-order valence-electron chi connectivity index (χ1n) is 12.7. The van der Waals surface area contributed by atoms with Crippen LogP contribution in [0.4, 0.5) is 35.1 Å². The lowest BCUT2D eigenvalue weighted by Gasteiger charge is -2.32. The van der Waals surface area contributed by atoms with Crippen LogP contribution >= 0.6 is 0 Å². The van der Waals surface area contributed by atoms with E-state index < -0.39 is 54.2 Å². The number of carbonyl (C=O) groups is 2. The van der Waals surface area contributed by atoms with Gasteiger partial charge < -0.3 is 24.3 Å². The van der Waals surface area contributed by atoms with Gasteiger partial charge in [0.1, 0.15) is 17.4 Å². The Labute approximate surface area is 234 Å². The van der Waals surface area contributed by atoms with E-state index in [1.165, 1.54) is 34.9 Å². The number of alkyl halides is 6. The molecule has 3 aromatic rings. The molecule has 0 bridgehead atoms. The fourth-order valence-corrected chi connectivity index (χ4v) is 4.97. The number of methoxy groups -OCH3 is 1. The number of ether oxygens (including phenoxy) is 2. The maximum absolute atomic E-state index is 14.8. The van der Waals surface area contributed by atoms with Crippen LogP contribution < -0.4 is 10.1 Å². The number of hydrogen-bond acceptors (Lipinski definition) is 4. The summed E-state index contributed by atoms with van der Waals surface area (Å²) < 4.78 is 117. The molecule has 15 heteroatoms. The molecule has 0 radical (unpaired) electrons. The Morgan fingerprint density at radius 1 is 1.00 bits per heavy atom. The van der Waals surface area contributed by atoms with Crippen molar-refractivity contribution < 1.29 is 54.2 Å². The molecular formula is C27H25F8N3O4. The van der Waals surface area contributed by atoms with Gasteiger partial charge in [-0.25, -0.2) is 8.78 Å². The smallest absolute Gasteiger partial charge is 0.405 e. The van der Waals surface area contributed by atoms with Gasteiger partial charge in [-0.3, -0.25) is 9.59 Å². The Morgan fingerprint density at radius 3 is 2.29 bits per heavy atom. The summed E-state index contributed by atoms with van der Waals surface area (Å²) in [7, 11) is 1.38. The molecule has 1 fully saturated rings. The molecule has 2 amide bonds. The van der Waals surface area contributed by atoms with E-state index in [-0.39, 0.29) is 66.7 Å². The third-order valence-electron chi connectivity index (χ3n) is 6.92. The van der Waals surface area contributed by atoms with Crippen molar-refractivity contribution in [3.63, 3.8) is 0 Å². The normalized spacial score (nSPS) is 14.8. The Morgan fingerprint density at radius 2 is 1.67 bits per heavy atom. The van der Waals surface area contributed by atoms with Crippen molar-refractivity contribution in [2.24, 2.45) is 0 Å². The highest BCUT2D eigenvalue weighted by molar-refractivity contribution is 6.09. The first-order chi connectivity index (χ1) is 19.7. The molecule has 7 nitrogen and oxygen atoms in total. The molecule has 0 aliphatic carbocycles. The summed E-state index contributed by atoms with van der Waals surface area (Å²) in [5.41, 5.74) is -0.0408. The van der Waals surface area contributed by atoms with Crippen LogP contribution in [0.2, 0.25) is 0 Å². The second kappa shape index (κ2) is 12.2. The minimum Gasteiger partial charge on any atom is -0.405 e. The van der Waals surface area contributed by atoms with E-state index in [9.17, 15) is 44.7 Å². The van der Waals surface area contributed by atoms with Gasteiger partial charge >= 0.3 is 18.4 Å². The minimum atomic E-state index is -5.10. The number of nitrogens with zero attached hydrogens (tertiary/aromatic N) is 2. The SMILES string of the molecule is COCCn1cc(C(=O)N2CCC(c3cc(CNC(=O)C(F)(F)F)ccc3F)CC2)c2c(OC(F)(F)F)ccc(F)c21. The third kappa shape index (κ3) is 6.94. The van der Waals surface area contributed by atoms with Crippen LogP contribution in [-0.4, -0.2) is 60.6 Å². The average Bonchev–Trinajstić information content (AvgIpc) is 3.32. The van der Waals surface area contributed by atoms with Gasteiger partial charge in [-0.2, -0.15) is 13.2 Å². The van der Waals surface area contributed by atoms with Crippen LogP contribution in [0.1, 0.15) is 40.2 Å². The van der Waals surface area contributed by atoms with Crippen molar-refractivity contribution in [2.45, 2.75) is 44.4 Å². The summed E-state index contributed by atoms with van der Waals surface area (Å²) in [6.45, 7) is -0.235. The minimum absolute atomic E-state index is 0.0355. The number of hydrogen-bond donors (Lipinski definition) is 1. The van der Waals surface area contributed by atoms with Gasteiger partial charge in [-0.05, 0) is 48.1 Å². The van der Waals surface area contributed by atoms with E-state index in [0.717, 1.165) is 18.2 Å². The number of halogens is 8. The van der Waals surface area contributed by atoms with E-state index in [1.54, 1.807) is 5.32 Å². The summed E-state index contributed by atoms with van der Waals surface area (Å²) in [6, 6.07) is 5.27. The molecule has 228 valence electrons. The lowest BCUT2D eigenvalue weighted by Crippen LogP contribution is -2.38. The first kappa shape index (κ1) is 31.1. The van der Waals surface area contributed by atoms with Crippen LogP contribution in [0.25, 0.3) is 10.9 Å². The second-order valence-electron chi connectivity index (χ2n) is 9.65. The molecule has 0 spiro atoms. The van der Waals surface area contributed by atoms with E-state index >= 15 is 0 Å². The number of piperidine rings is 1. The van der Waals surface area contributed by atoms with Gasteiger partial charge in [-0.1, -0.05) is 12.1 Å². The van der Waals surface area contributed by atoms with Gasteiger partial charge in [0, 0.05) is 39.5 Å². The summed E-state index contributed by atoms with van der Waals surface area (Å²) in [4.78, 5) is 26.0. The molecule has 1 aliphatic heterocycles. The Bertz CT molecular complexity index is 1460. The molecule has 0 unspecified atom stereocenters. The number of aromatic nitrogens is 1. The standard InChI is InChI=1S/C27H25F8N3O4/c1-41-11-10-38-14-18(22-21(42-27(33,34)35)5-4-20(29)23(22)38)24(39)37-8-6-16(7-9-37)17-12-15(2-3-19(17)28)13-36-25(40)26(30,31)32/h2-5,12,14,16H,6-11,13H2,1H3,(H,36,40). The molecule has 2 heterocycles. The van der Waals surface area contributed by atoms with Crippen molar-refractivity contribution in [3.8, 4) is 5.75 Å². The highest BCUT2D eigenvalue weighted by atomic mass is 19.4. The zero-order valence-corrected chi connectivity index (χ0v) is 22.0. The van der Waals surface area contributed by atoms with E-state index in [2.05, 4.69) is 4.74 Å². The van der Waals surface area contributed by atoms with Crippen LogP contribution in [0.3, 0.4) is 0 Å². The fourth-order valence-electron chi connectivity index (χ4n) is 4.97. The van der Waals surface area contributed by atoms with Crippen molar-refractivity contribution in [1.82, 2.24) is 14.8 Å². The maximum atomic E-state index is 14.8. The first-order valence-corrected chi connectivity index (χ1v) is 12.7. The number of carbonyl (C=O) groups excluding carboxylic acids is 2. The molecule has 1 saturated heterocycles. The Kier molecular flexibility index (Phi) is 8.99. The summed E-state index contributed by atoms with van der Waals surface area (Å²) in [6.07, 6.45) is -8.48. The van der Waals surface area contributed by atoms with Crippen molar-refractivity contribution in [1.29, 1.82) is 0 Å². The third-order valence-corrected chi connectivity index (χ3v) is 6.92. The van der Waals surface area contributed by atoms with E-state index in [1.807, 2.05) is 0 Å². The fraction of sp³-hybridized carbons (Fsp3) is 0.407. The van der Waals surface area contributed by atoms with Gasteiger partial charge in [0.2, 0.25) is 0 Å². The monoisotopic (exact) mass is 607 g/mol. The number of benzene rings is 2. The van der Waals surface area contributed by atoms with Crippen LogP contribution in [0.5, 0.6) is 5.75 Å². The van der Waals surface area contributed by atoms with E-state index in [0.29, 0.717) is 0 Å². The summed E-state index contributed by atoms with van der Waals surface area (Å²) >= 11 is 0. The zero-order chi connectivity index (χ0) is 30.8. The predicted octanol–water partition coefficient (Wildman–Crippen LogP) is 5.66. The molecular weight excluding hydrogens is 582 g/mol. The quantitative estimate of drug-likeness (QED) is 0.336. The molecule has 0 atom stereocenters. The number of amides is 2. The largest absolute Gasteiger partial charge is 0.573 e. The lowest BCUT2D eigenvalue weighted by molar-refractivity contribution is -0.274. The Balaban J connectivity index is 1.55. The molecule has 42 heavy (non-hydrogen) atoms. The molecule has 2 aromatic carbocycles. The predicted molar refractivity (Wildman–Crippen MR) is 133 cm³/mol. The maximum Gasteiger partial charge on any atom is 0.573 e. The van der Waals surface area contributed by atoms with Crippen molar-refractivity contribution >= 4 is 22.7 Å². The molecule has 1 N–H and O–H groups in total. The topological polar surface area (TPSA) is 72.8 Å². The van der Waals surface area contributed by atoms with Crippen molar-refractivity contribution in [2.75, 3.05) is 26.8 Å². The van der Waals surface area contributed by atoms with Gasteiger partial charge in [-0.15, -0.1) is 13.2 Å². The molecule has 1 aliphatic rings. The summed E-state index contributed by atoms with van der Waals surface area (Å²) in [5, 5.41) is 1.37. The number of nitrogens with one attached hydrogen (secondary N) is 1. The van der Waals surface area contributed by atoms with E-state index in [4.69, 9.17) is 4.74 Å². The molecule has 0 saturated carbocycles. The zero-order valence-electron chi connectivity index (χ0n) is 22.0. The average molecular weight is 607 g/mol. The molecule has 4 rings (SSSR count). The van der Waals surface area contributed by atoms with Gasteiger partial charge in [0.25, 0.3) is 5.91 Å². The summed E-state index contributed by atoms with van der Waals surface area (Å²) in [5.74, 6) is -5.48. The number of rotatable bonds is 8. The lowest BCUT2D eigenvalue weighted by atomic mass is 9.88.